The van der Waals surface area contributed by atoms with Gasteiger partial charge in [0, 0.05) is 19.1 Å². The predicted molar refractivity (Wildman–Crippen MR) is 57.1 cm³/mol. The molecular weight excluding hydrogens is 200 g/mol. The zero-order chi connectivity index (χ0) is 10.7. The van der Waals surface area contributed by atoms with Gasteiger partial charge < -0.3 is 10.6 Å². The molecule has 0 bridgehead atoms. The van der Waals surface area contributed by atoms with Crippen molar-refractivity contribution < 1.29 is 4.79 Å². The highest BCUT2D eigenvalue weighted by molar-refractivity contribution is 6.31. The Balaban J connectivity index is 2.95. The van der Waals surface area contributed by atoms with Crippen molar-refractivity contribution in [1.29, 1.82) is 0 Å². The average molecular weight is 213 g/mol. The van der Waals surface area contributed by atoms with E-state index in [0.29, 0.717) is 10.6 Å². The molecule has 1 atom stereocenters. The van der Waals surface area contributed by atoms with Crippen molar-refractivity contribution in [3.8, 4) is 0 Å². The van der Waals surface area contributed by atoms with Crippen LogP contribution in [0.15, 0.2) is 24.3 Å². The van der Waals surface area contributed by atoms with Crippen LogP contribution in [0.2, 0.25) is 5.02 Å². The fraction of sp³-hybridized carbons (Fsp3) is 0.300. The van der Waals surface area contributed by atoms with E-state index in [-0.39, 0.29) is 5.91 Å². The number of carbonyl (C=O) groups is 1. The van der Waals surface area contributed by atoms with E-state index in [1.54, 1.807) is 32.3 Å². The Labute approximate surface area is 88.5 Å². The van der Waals surface area contributed by atoms with Gasteiger partial charge in [-0.25, -0.2) is 0 Å². The summed E-state index contributed by atoms with van der Waals surface area (Å²) in [5, 5.41) is 0.523. The molecular formula is C10H13ClN2O. The maximum Gasteiger partial charge on any atom is 0.243 e. The van der Waals surface area contributed by atoms with Crippen molar-refractivity contribution in [3.05, 3.63) is 34.9 Å². The summed E-state index contributed by atoms with van der Waals surface area (Å²) in [5.41, 5.74) is 6.42. The van der Waals surface area contributed by atoms with Crippen LogP contribution in [0, 0.1) is 0 Å². The molecule has 0 heterocycles. The van der Waals surface area contributed by atoms with Crippen molar-refractivity contribution in [2.45, 2.75) is 6.04 Å². The molecule has 76 valence electrons. The Kier molecular flexibility index (Phi) is 3.49. The Morgan fingerprint density at radius 3 is 2.50 bits per heavy atom. The van der Waals surface area contributed by atoms with Crippen LogP contribution in [-0.2, 0) is 4.79 Å². The molecule has 0 aliphatic heterocycles. The topological polar surface area (TPSA) is 46.3 Å². The van der Waals surface area contributed by atoms with Crippen LogP contribution < -0.4 is 5.73 Å². The fourth-order valence-corrected chi connectivity index (χ4v) is 1.39. The van der Waals surface area contributed by atoms with Crippen molar-refractivity contribution >= 4 is 17.5 Å². The third kappa shape index (κ3) is 2.25. The molecule has 0 saturated heterocycles. The number of nitrogens with zero attached hydrogens (tertiary/aromatic N) is 1. The van der Waals surface area contributed by atoms with E-state index in [9.17, 15) is 4.79 Å². The molecule has 1 aromatic rings. The number of carbonyl (C=O) groups excluding carboxylic acids is 1. The minimum absolute atomic E-state index is 0.155. The van der Waals surface area contributed by atoms with E-state index in [0.717, 1.165) is 0 Å². The van der Waals surface area contributed by atoms with Crippen molar-refractivity contribution in [3.63, 3.8) is 0 Å². The van der Waals surface area contributed by atoms with Gasteiger partial charge >= 0.3 is 0 Å². The van der Waals surface area contributed by atoms with Crippen LogP contribution >= 0.6 is 11.6 Å². The summed E-state index contributed by atoms with van der Waals surface area (Å²) in [5.74, 6) is -0.155. The van der Waals surface area contributed by atoms with E-state index in [2.05, 4.69) is 0 Å². The molecule has 0 fully saturated rings. The van der Waals surface area contributed by atoms with Gasteiger partial charge in [-0.05, 0) is 11.6 Å². The van der Waals surface area contributed by atoms with Crippen LogP contribution in [0.3, 0.4) is 0 Å². The molecule has 3 nitrogen and oxygen atoms in total. The fourth-order valence-electron chi connectivity index (χ4n) is 1.14. The van der Waals surface area contributed by atoms with Gasteiger partial charge in [0.1, 0.15) is 6.04 Å². The quantitative estimate of drug-likeness (QED) is 0.806. The van der Waals surface area contributed by atoms with Crippen LogP contribution in [0.1, 0.15) is 11.6 Å². The van der Waals surface area contributed by atoms with Gasteiger partial charge in [0.05, 0.1) is 0 Å². The normalized spacial score (nSPS) is 12.3. The van der Waals surface area contributed by atoms with E-state index in [1.807, 2.05) is 6.07 Å². The highest BCUT2D eigenvalue weighted by Crippen LogP contribution is 2.21. The first-order valence-corrected chi connectivity index (χ1v) is 4.63. The predicted octanol–water partition coefficient (Wildman–Crippen LogP) is 1.43. The molecule has 0 unspecified atom stereocenters. The Bertz CT molecular complexity index is 339. The first-order valence-electron chi connectivity index (χ1n) is 4.25. The van der Waals surface area contributed by atoms with E-state index in [4.69, 9.17) is 17.3 Å². The second kappa shape index (κ2) is 4.44. The lowest BCUT2D eigenvalue weighted by molar-refractivity contribution is -0.130. The summed E-state index contributed by atoms with van der Waals surface area (Å²) in [6.07, 6.45) is 0. The zero-order valence-corrected chi connectivity index (χ0v) is 8.95. The molecule has 0 aromatic heterocycles. The highest BCUT2D eigenvalue weighted by Gasteiger charge is 2.19. The maximum absolute atomic E-state index is 11.5. The van der Waals surface area contributed by atoms with Crippen LogP contribution in [0.4, 0.5) is 0 Å². The first kappa shape index (κ1) is 11.0. The van der Waals surface area contributed by atoms with Gasteiger partial charge in [-0.15, -0.1) is 0 Å². The number of benzene rings is 1. The number of halogens is 1. The van der Waals surface area contributed by atoms with Crippen molar-refractivity contribution in [2.24, 2.45) is 5.73 Å². The molecule has 1 amide bonds. The minimum Gasteiger partial charge on any atom is -0.347 e. The molecule has 0 radical (unpaired) electrons. The number of amides is 1. The standard InChI is InChI=1S/C10H13ClN2O/c1-13(2)10(14)9(12)7-5-3-4-6-8(7)11/h3-6,9H,12H2,1-2H3/t9-/m0/s1. The number of rotatable bonds is 2. The second-order valence-electron chi connectivity index (χ2n) is 3.23. The second-order valence-corrected chi connectivity index (χ2v) is 3.64. The van der Waals surface area contributed by atoms with Crippen molar-refractivity contribution in [1.82, 2.24) is 4.90 Å². The Hall–Kier alpha value is -1.06. The average Bonchev–Trinajstić information content (AvgIpc) is 2.16. The largest absolute Gasteiger partial charge is 0.347 e. The lowest BCUT2D eigenvalue weighted by Crippen LogP contribution is -2.33. The summed E-state index contributed by atoms with van der Waals surface area (Å²) in [7, 11) is 3.33. The summed E-state index contributed by atoms with van der Waals surface area (Å²) in [6, 6.07) is 6.41. The molecule has 0 aliphatic rings. The maximum atomic E-state index is 11.5. The van der Waals surface area contributed by atoms with E-state index in [1.165, 1.54) is 4.90 Å². The third-order valence-corrected chi connectivity index (χ3v) is 2.29. The number of likely N-dealkylation sites (N-methyl/N-ethyl adjacent to an activating group) is 1. The van der Waals surface area contributed by atoms with Gasteiger partial charge in [-0.3, -0.25) is 4.79 Å². The van der Waals surface area contributed by atoms with Gasteiger partial charge in [-0.2, -0.15) is 0 Å². The molecule has 0 saturated carbocycles. The van der Waals surface area contributed by atoms with E-state index < -0.39 is 6.04 Å². The smallest absolute Gasteiger partial charge is 0.243 e. The number of hydrogen-bond acceptors (Lipinski definition) is 2. The molecule has 14 heavy (non-hydrogen) atoms. The SMILES string of the molecule is CN(C)C(=O)[C@@H](N)c1ccccc1Cl. The monoisotopic (exact) mass is 212 g/mol. The first-order chi connectivity index (χ1) is 6.54. The van der Waals surface area contributed by atoms with Gasteiger partial charge in [0.15, 0.2) is 0 Å². The van der Waals surface area contributed by atoms with Crippen LogP contribution in [0.25, 0.3) is 0 Å². The minimum atomic E-state index is -0.682. The summed E-state index contributed by atoms with van der Waals surface area (Å²) >= 11 is 5.92. The molecule has 1 aromatic carbocycles. The molecule has 4 heteroatoms. The zero-order valence-electron chi connectivity index (χ0n) is 8.20. The molecule has 0 aliphatic carbocycles. The lowest BCUT2D eigenvalue weighted by Gasteiger charge is -2.17. The van der Waals surface area contributed by atoms with Crippen LogP contribution in [0.5, 0.6) is 0 Å². The summed E-state index contributed by atoms with van der Waals surface area (Å²) < 4.78 is 0. The summed E-state index contributed by atoms with van der Waals surface area (Å²) in [6.45, 7) is 0. The lowest BCUT2D eigenvalue weighted by atomic mass is 10.1. The number of hydrogen-bond donors (Lipinski definition) is 1. The van der Waals surface area contributed by atoms with E-state index >= 15 is 0 Å². The van der Waals surface area contributed by atoms with Gasteiger partial charge in [-0.1, -0.05) is 29.8 Å². The summed E-state index contributed by atoms with van der Waals surface area (Å²) in [4.78, 5) is 13.0. The molecule has 2 N–H and O–H groups in total. The van der Waals surface area contributed by atoms with Gasteiger partial charge in [0.25, 0.3) is 0 Å². The number of nitrogens with two attached hydrogens (primary N) is 1. The Morgan fingerprint density at radius 2 is 2.00 bits per heavy atom. The van der Waals surface area contributed by atoms with Gasteiger partial charge in [0.2, 0.25) is 5.91 Å². The Morgan fingerprint density at radius 1 is 1.43 bits per heavy atom. The van der Waals surface area contributed by atoms with Crippen LogP contribution in [-0.4, -0.2) is 24.9 Å². The highest BCUT2D eigenvalue weighted by atomic mass is 35.5. The third-order valence-electron chi connectivity index (χ3n) is 1.95. The van der Waals surface area contributed by atoms with Crippen molar-refractivity contribution in [2.75, 3.05) is 14.1 Å². The molecule has 1 rings (SSSR count). The molecule has 0 spiro atoms.